The Labute approximate surface area is 141 Å². The second-order valence-electron chi connectivity index (χ2n) is 7.23. The number of amides is 2. The third-order valence-corrected chi connectivity index (χ3v) is 5.27. The van der Waals surface area contributed by atoms with Crippen molar-refractivity contribution >= 4 is 12.0 Å². The lowest BCUT2D eigenvalue weighted by molar-refractivity contribution is -0.189. The van der Waals surface area contributed by atoms with Crippen molar-refractivity contribution in [1.82, 2.24) is 10.6 Å². The predicted molar refractivity (Wildman–Crippen MR) is 88.8 cm³/mol. The predicted octanol–water partition coefficient (Wildman–Crippen LogP) is 2.39. The number of carbonyl (C=O) groups is 2. The van der Waals surface area contributed by atoms with Crippen molar-refractivity contribution in [1.29, 1.82) is 0 Å². The van der Waals surface area contributed by atoms with Gasteiger partial charge >= 0.3 is 12.0 Å². The fraction of sp³-hybridized carbons (Fsp3) is 0.556. The van der Waals surface area contributed by atoms with E-state index in [-0.39, 0.29) is 29.2 Å². The smallest absolute Gasteiger partial charge is 0.335 e. The lowest BCUT2D eigenvalue weighted by Gasteiger charge is -2.59. The van der Waals surface area contributed by atoms with Gasteiger partial charge in [-0.15, -0.1) is 0 Å². The van der Waals surface area contributed by atoms with Gasteiger partial charge in [-0.25, -0.2) is 9.59 Å². The fourth-order valence-electron chi connectivity index (χ4n) is 3.96. The number of fused-ring (bicyclic) bond motifs is 1. The third kappa shape index (κ3) is 3.11. The van der Waals surface area contributed by atoms with Crippen LogP contribution in [0.1, 0.15) is 42.6 Å². The summed E-state index contributed by atoms with van der Waals surface area (Å²) in [6, 6.07) is 6.42. The van der Waals surface area contributed by atoms with E-state index in [0.717, 1.165) is 25.0 Å². The Kier molecular flexibility index (Phi) is 4.49. The number of ether oxygens (including phenoxy) is 1. The van der Waals surface area contributed by atoms with Gasteiger partial charge in [-0.2, -0.15) is 0 Å². The van der Waals surface area contributed by atoms with Crippen molar-refractivity contribution in [3.05, 3.63) is 35.4 Å². The second-order valence-corrected chi connectivity index (χ2v) is 7.23. The molecule has 1 aromatic carbocycles. The molecule has 2 aliphatic rings. The minimum Gasteiger partial charge on any atom is -0.478 e. The summed E-state index contributed by atoms with van der Waals surface area (Å²) < 4.78 is 5.84. The monoisotopic (exact) mass is 332 g/mol. The Morgan fingerprint density at radius 2 is 2.00 bits per heavy atom. The first-order valence-corrected chi connectivity index (χ1v) is 8.38. The first-order valence-electron chi connectivity index (χ1n) is 8.38. The highest BCUT2D eigenvalue weighted by Gasteiger charge is 2.58. The highest BCUT2D eigenvalue weighted by Crippen LogP contribution is 2.51. The van der Waals surface area contributed by atoms with Crippen LogP contribution in [0.5, 0.6) is 0 Å². The van der Waals surface area contributed by atoms with E-state index in [9.17, 15) is 9.59 Å². The summed E-state index contributed by atoms with van der Waals surface area (Å²) in [4.78, 5) is 23.0. The van der Waals surface area contributed by atoms with Crippen LogP contribution in [0.15, 0.2) is 24.3 Å². The molecule has 6 heteroatoms. The zero-order chi connectivity index (χ0) is 17.3. The van der Waals surface area contributed by atoms with E-state index < -0.39 is 5.97 Å². The molecular formula is C18H24N2O4. The summed E-state index contributed by atoms with van der Waals surface area (Å²) >= 11 is 0. The summed E-state index contributed by atoms with van der Waals surface area (Å²) in [5, 5.41) is 14.8. The van der Waals surface area contributed by atoms with Crippen LogP contribution < -0.4 is 10.6 Å². The molecule has 1 saturated carbocycles. The Balaban J connectivity index is 1.51. The van der Waals surface area contributed by atoms with Gasteiger partial charge in [0, 0.05) is 30.5 Å². The normalized spacial score (nSPS) is 27.5. The number of nitrogens with one attached hydrogen (secondary N) is 2. The first-order chi connectivity index (χ1) is 11.4. The number of carboxylic acid groups (broad SMARTS) is 1. The molecule has 2 amide bonds. The number of hydrogen-bond donors (Lipinski definition) is 3. The molecular weight excluding hydrogens is 308 g/mol. The van der Waals surface area contributed by atoms with Crippen LogP contribution in [0.4, 0.5) is 4.79 Å². The number of aromatic carboxylic acids is 1. The molecule has 3 N–H and O–H groups in total. The van der Waals surface area contributed by atoms with E-state index in [0.29, 0.717) is 12.5 Å². The van der Waals surface area contributed by atoms with E-state index >= 15 is 0 Å². The van der Waals surface area contributed by atoms with Gasteiger partial charge in [0.2, 0.25) is 0 Å². The van der Waals surface area contributed by atoms with Gasteiger partial charge in [-0.3, -0.25) is 0 Å². The number of benzene rings is 1. The van der Waals surface area contributed by atoms with Gasteiger partial charge in [0.1, 0.15) is 0 Å². The topological polar surface area (TPSA) is 87.7 Å². The van der Waals surface area contributed by atoms with E-state index in [1.54, 1.807) is 12.1 Å². The maximum atomic E-state index is 12.2. The molecule has 1 aromatic rings. The van der Waals surface area contributed by atoms with Crippen LogP contribution in [-0.2, 0) is 11.3 Å². The molecule has 1 aliphatic carbocycles. The molecule has 3 atom stereocenters. The maximum Gasteiger partial charge on any atom is 0.335 e. The summed E-state index contributed by atoms with van der Waals surface area (Å²) in [6.45, 7) is 5.45. The van der Waals surface area contributed by atoms with Crippen molar-refractivity contribution in [2.24, 2.45) is 11.3 Å². The number of rotatable bonds is 4. The van der Waals surface area contributed by atoms with Crippen LogP contribution in [0.3, 0.4) is 0 Å². The van der Waals surface area contributed by atoms with Gasteiger partial charge < -0.3 is 20.5 Å². The number of hydrogen-bond acceptors (Lipinski definition) is 3. The number of carbonyl (C=O) groups excluding carboxylic acids is 1. The lowest BCUT2D eigenvalue weighted by Crippen LogP contribution is -2.70. The molecule has 0 aromatic heterocycles. The molecule has 1 saturated heterocycles. The zero-order valence-corrected chi connectivity index (χ0v) is 14.0. The molecule has 0 radical (unpaired) electrons. The standard InChI is InChI=1S/C18H24N2O4/c1-18(2)14(13-4-3-9-24-15(13)18)20-17(23)19-10-11-5-7-12(8-6-11)16(21)22/h5-8,13-15H,3-4,9-10H2,1-2H3,(H,21,22)(H2,19,20,23). The van der Waals surface area contributed by atoms with Crippen molar-refractivity contribution in [3.63, 3.8) is 0 Å². The number of carboxylic acids is 1. The lowest BCUT2D eigenvalue weighted by atomic mass is 9.55. The van der Waals surface area contributed by atoms with Crippen LogP contribution in [-0.4, -0.2) is 35.9 Å². The van der Waals surface area contributed by atoms with Crippen molar-refractivity contribution < 1.29 is 19.4 Å². The Morgan fingerprint density at radius 3 is 2.67 bits per heavy atom. The van der Waals surface area contributed by atoms with Crippen LogP contribution in [0.2, 0.25) is 0 Å². The van der Waals surface area contributed by atoms with Crippen LogP contribution in [0.25, 0.3) is 0 Å². The summed E-state index contributed by atoms with van der Waals surface area (Å²) in [7, 11) is 0. The average molecular weight is 332 g/mol. The van der Waals surface area contributed by atoms with Crippen molar-refractivity contribution in [2.45, 2.75) is 45.4 Å². The van der Waals surface area contributed by atoms with Gasteiger partial charge in [-0.1, -0.05) is 26.0 Å². The molecule has 3 unspecified atom stereocenters. The minimum absolute atomic E-state index is 0.0500. The number of urea groups is 1. The van der Waals surface area contributed by atoms with Gasteiger partial charge in [0.15, 0.2) is 0 Å². The first kappa shape index (κ1) is 16.8. The molecule has 24 heavy (non-hydrogen) atoms. The third-order valence-electron chi connectivity index (χ3n) is 5.27. The minimum atomic E-state index is -0.955. The van der Waals surface area contributed by atoms with E-state index in [2.05, 4.69) is 24.5 Å². The zero-order valence-electron chi connectivity index (χ0n) is 14.0. The molecule has 0 bridgehead atoms. The van der Waals surface area contributed by atoms with E-state index in [1.807, 2.05) is 0 Å². The maximum absolute atomic E-state index is 12.2. The molecule has 1 heterocycles. The highest BCUT2D eigenvalue weighted by atomic mass is 16.5. The van der Waals surface area contributed by atoms with Crippen molar-refractivity contribution in [3.8, 4) is 0 Å². The van der Waals surface area contributed by atoms with Crippen LogP contribution >= 0.6 is 0 Å². The van der Waals surface area contributed by atoms with Gasteiger partial charge in [-0.05, 0) is 30.5 Å². The summed E-state index contributed by atoms with van der Waals surface area (Å²) in [6.07, 6.45) is 2.38. The Morgan fingerprint density at radius 1 is 1.29 bits per heavy atom. The summed E-state index contributed by atoms with van der Waals surface area (Å²) in [5.41, 5.74) is 1.05. The van der Waals surface area contributed by atoms with Crippen LogP contribution in [0, 0.1) is 11.3 Å². The van der Waals surface area contributed by atoms with E-state index in [4.69, 9.17) is 9.84 Å². The molecule has 0 spiro atoms. The van der Waals surface area contributed by atoms with Crippen molar-refractivity contribution in [2.75, 3.05) is 6.61 Å². The highest BCUT2D eigenvalue weighted by molar-refractivity contribution is 5.87. The Hall–Kier alpha value is -2.08. The average Bonchev–Trinajstić information content (AvgIpc) is 2.58. The SMILES string of the molecule is CC1(C)C(NC(=O)NCc2ccc(C(=O)O)cc2)C2CCCOC21. The molecule has 130 valence electrons. The molecule has 1 aliphatic heterocycles. The Bertz CT molecular complexity index is 626. The second kappa shape index (κ2) is 6.43. The van der Waals surface area contributed by atoms with E-state index in [1.165, 1.54) is 12.1 Å². The van der Waals surface area contributed by atoms with Gasteiger partial charge in [0.05, 0.1) is 11.7 Å². The molecule has 2 fully saturated rings. The molecule has 6 nitrogen and oxygen atoms in total. The summed E-state index contributed by atoms with van der Waals surface area (Å²) in [5.74, 6) is -0.557. The van der Waals surface area contributed by atoms with Gasteiger partial charge in [0.25, 0.3) is 0 Å². The largest absolute Gasteiger partial charge is 0.478 e. The molecule has 3 rings (SSSR count). The quantitative estimate of drug-likeness (QED) is 0.790. The fourth-order valence-corrected chi connectivity index (χ4v) is 3.96.